The van der Waals surface area contributed by atoms with Crippen LogP contribution in [0, 0.1) is 5.41 Å². The molecule has 0 saturated carbocycles. The zero-order valence-corrected chi connectivity index (χ0v) is 23.2. The molecule has 0 bridgehead atoms. The summed E-state index contributed by atoms with van der Waals surface area (Å²) in [6.07, 6.45) is 0.0719. The Balaban J connectivity index is 1.92. The minimum atomic E-state index is -0.274. The zero-order valence-electron chi connectivity index (χ0n) is 23.2. The molecule has 0 fully saturated rings. The summed E-state index contributed by atoms with van der Waals surface area (Å²) < 4.78 is 17.5. The number of fused-ring (bicyclic) bond motifs is 1. The van der Waals surface area contributed by atoms with Crippen molar-refractivity contribution >= 4 is 17.5 Å². The number of likely N-dealkylation sites (N-methyl/N-ethyl adjacent to an activating group) is 1. The van der Waals surface area contributed by atoms with Crippen molar-refractivity contribution in [1.82, 2.24) is 10.2 Å². The first-order valence-electron chi connectivity index (χ1n) is 12.6. The van der Waals surface area contributed by atoms with Crippen molar-refractivity contribution in [3.8, 4) is 17.2 Å². The molecule has 0 radical (unpaired) electrons. The lowest BCUT2D eigenvalue weighted by atomic mass is 9.84. The summed E-state index contributed by atoms with van der Waals surface area (Å²) in [6, 6.07) is 7.32. The van der Waals surface area contributed by atoms with Gasteiger partial charge in [0.2, 0.25) is 5.91 Å². The minimum absolute atomic E-state index is 0.0410. The first-order chi connectivity index (χ1) is 17.4. The number of nitrogens with one attached hydrogen (secondary N) is 2. The Kier molecular flexibility index (Phi) is 8.51. The van der Waals surface area contributed by atoms with Crippen molar-refractivity contribution in [3.63, 3.8) is 0 Å². The van der Waals surface area contributed by atoms with Crippen LogP contribution in [0.2, 0.25) is 0 Å². The monoisotopic (exact) mass is 509 g/mol. The summed E-state index contributed by atoms with van der Waals surface area (Å²) in [6.45, 7) is 12.9. The molecule has 0 spiro atoms. The van der Waals surface area contributed by atoms with Gasteiger partial charge in [0.15, 0.2) is 17.3 Å². The maximum absolute atomic E-state index is 13.5. The molecule has 2 aromatic rings. The van der Waals surface area contributed by atoms with Gasteiger partial charge in [0.25, 0.3) is 0 Å². The van der Waals surface area contributed by atoms with Gasteiger partial charge in [-0.15, -0.1) is 0 Å². The number of carbonyl (C=O) groups excluding carboxylic acids is 2. The van der Waals surface area contributed by atoms with Gasteiger partial charge in [-0.25, -0.2) is 0 Å². The molecule has 2 N–H and O–H groups in total. The van der Waals surface area contributed by atoms with Crippen LogP contribution in [0.1, 0.15) is 74.2 Å². The van der Waals surface area contributed by atoms with Gasteiger partial charge in [-0.05, 0) is 56.0 Å². The second-order valence-corrected chi connectivity index (χ2v) is 10.5. The number of ketones is 1. The topological polar surface area (TPSA) is 101 Å². The maximum Gasteiger partial charge on any atom is 0.224 e. The minimum Gasteiger partial charge on any atom is -0.494 e. The highest BCUT2D eigenvalue weighted by molar-refractivity contribution is 6.06. The summed E-state index contributed by atoms with van der Waals surface area (Å²) in [7, 11) is 3.20. The summed E-state index contributed by atoms with van der Waals surface area (Å²) in [4.78, 5) is 27.3. The van der Waals surface area contributed by atoms with Gasteiger partial charge in [0.1, 0.15) is 11.6 Å². The molecule has 1 aliphatic rings. The number of ether oxygens (including phenoxy) is 3. The Morgan fingerprint density at radius 3 is 2.41 bits per heavy atom. The molecule has 37 heavy (non-hydrogen) atoms. The number of carbonyl (C=O) groups is 2. The van der Waals surface area contributed by atoms with E-state index in [2.05, 4.69) is 26.1 Å². The lowest BCUT2D eigenvalue weighted by Gasteiger charge is -2.26. The van der Waals surface area contributed by atoms with E-state index in [-0.39, 0.29) is 42.0 Å². The SMILES string of the molecule is CCOc1cc2c(cc1CC(=O)NC)C(=N)N(CC(=O)c1cc(OC(C)C)c(OC)c(C(C)(C)C)c1)C2. The van der Waals surface area contributed by atoms with Crippen LogP contribution in [0.5, 0.6) is 17.2 Å². The molecule has 8 heteroatoms. The zero-order chi connectivity index (χ0) is 27.5. The Bertz CT molecular complexity index is 1200. The lowest BCUT2D eigenvalue weighted by molar-refractivity contribution is -0.119. The molecule has 8 nitrogen and oxygen atoms in total. The van der Waals surface area contributed by atoms with E-state index in [1.165, 1.54) is 0 Å². The highest BCUT2D eigenvalue weighted by Gasteiger charge is 2.30. The number of amidine groups is 1. The first kappa shape index (κ1) is 28.0. The Morgan fingerprint density at radius 1 is 1.14 bits per heavy atom. The van der Waals surface area contributed by atoms with Crippen LogP contribution in [0.15, 0.2) is 24.3 Å². The molecule has 2 aromatic carbocycles. The second-order valence-electron chi connectivity index (χ2n) is 10.5. The van der Waals surface area contributed by atoms with Crippen LogP contribution in [0.25, 0.3) is 0 Å². The van der Waals surface area contributed by atoms with Crippen LogP contribution in [0.4, 0.5) is 0 Å². The van der Waals surface area contributed by atoms with E-state index in [9.17, 15) is 9.59 Å². The van der Waals surface area contributed by atoms with E-state index >= 15 is 0 Å². The number of benzene rings is 2. The number of methoxy groups -OCH3 is 1. The number of hydrogen-bond acceptors (Lipinski definition) is 6. The van der Waals surface area contributed by atoms with Gasteiger partial charge in [-0.3, -0.25) is 15.0 Å². The quantitative estimate of drug-likeness (QED) is 0.458. The van der Waals surface area contributed by atoms with E-state index in [0.29, 0.717) is 41.5 Å². The van der Waals surface area contributed by atoms with Crippen molar-refractivity contribution < 1.29 is 23.8 Å². The highest BCUT2D eigenvalue weighted by atomic mass is 16.5. The van der Waals surface area contributed by atoms with Crippen molar-refractivity contribution in [2.45, 2.75) is 66.0 Å². The molecular formula is C29H39N3O5. The largest absolute Gasteiger partial charge is 0.494 e. The third-order valence-corrected chi connectivity index (χ3v) is 6.23. The number of Topliss-reactive ketones (excluding diaryl/α,β-unsaturated/α-hetero) is 1. The van der Waals surface area contributed by atoms with Crippen LogP contribution >= 0.6 is 0 Å². The predicted octanol–water partition coefficient (Wildman–Crippen LogP) is 4.49. The molecule has 0 atom stereocenters. The fourth-order valence-corrected chi connectivity index (χ4v) is 4.43. The summed E-state index contributed by atoms with van der Waals surface area (Å²) in [5, 5.41) is 11.4. The molecule has 1 aliphatic heterocycles. The van der Waals surface area contributed by atoms with Crippen LogP contribution in [0.3, 0.4) is 0 Å². The van der Waals surface area contributed by atoms with E-state index < -0.39 is 0 Å². The number of hydrogen-bond donors (Lipinski definition) is 2. The van der Waals surface area contributed by atoms with Crippen molar-refractivity contribution in [1.29, 1.82) is 5.41 Å². The van der Waals surface area contributed by atoms with Gasteiger partial charge >= 0.3 is 0 Å². The van der Waals surface area contributed by atoms with Crippen molar-refractivity contribution in [2.24, 2.45) is 0 Å². The molecule has 0 unspecified atom stereocenters. The molecule has 3 rings (SSSR count). The van der Waals surface area contributed by atoms with Crippen molar-refractivity contribution in [2.75, 3.05) is 27.3 Å². The second kappa shape index (κ2) is 11.2. The molecular weight excluding hydrogens is 470 g/mol. The number of nitrogens with zero attached hydrogens (tertiary/aromatic N) is 1. The van der Waals surface area contributed by atoms with E-state index in [0.717, 1.165) is 16.7 Å². The molecule has 1 heterocycles. The van der Waals surface area contributed by atoms with E-state index in [4.69, 9.17) is 19.6 Å². The maximum atomic E-state index is 13.5. The predicted molar refractivity (Wildman–Crippen MR) is 144 cm³/mol. The average molecular weight is 510 g/mol. The molecule has 200 valence electrons. The normalized spacial score (nSPS) is 13.0. The van der Waals surface area contributed by atoms with Gasteiger partial charge in [0.05, 0.1) is 32.8 Å². The van der Waals surface area contributed by atoms with Crippen LogP contribution < -0.4 is 19.5 Å². The van der Waals surface area contributed by atoms with E-state index in [1.54, 1.807) is 25.1 Å². The molecule has 0 saturated heterocycles. The van der Waals surface area contributed by atoms with Gasteiger partial charge in [-0.1, -0.05) is 20.8 Å². The fraction of sp³-hybridized carbons (Fsp3) is 0.483. The molecule has 1 amide bonds. The molecule has 0 aromatic heterocycles. The third kappa shape index (κ3) is 6.24. The van der Waals surface area contributed by atoms with Crippen LogP contribution in [-0.2, 0) is 23.2 Å². The lowest BCUT2D eigenvalue weighted by Crippen LogP contribution is -2.30. The number of rotatable bonds is 10. The molecule has 0 aliphatic carbocycles. The Morgan fingerprint density at radius 2 is 1.84 bits per heavy atom. The summed E-state index contributed by atoms with van der Waals surface area (Å²) >= 11 is 0. The summed E-state index contributed by atoms with van der Waals surface area (Å²) in [5.74, 6) is 1.81. The standard InChI is InChI=1S/C29H39N3O5/c1-9-36-24-13-20-15-32(28(30)21(20)10-19(24)14-26(34)31-7)16-23(33)18-11-22(29(4,5)6)27(35-8)25(12-18)37-17(2)3/h10-13,17,30H,9,14-16H2,1-8H3,(H,31,34). The summed E-state index contributed by atoms with van der Waals surface area (Å²) in [5.41, 5.74) is 3.46. The van der Waals surface area contributed by atoms with Gasteiger partial charge in [-0.2, -0.15) is 0 Å². The van der Waals surface area contributed by atoms with Gasteiger partial charge in [0, 0.05) is 35.8 Å². The average Bonchev–Trinajstić information content (AvgIpc) is 3.11. The fourth-order valence-electron chi connectivity index (χ4n) is 4.43. The number of amides is 1. The first-order valence-corrected chi connectivity index (χ1v) is 12.6. The third-order valence-electron chi connectivity index (χ3n) is 6.23. The Hall–Kier alpha value is -3.55. The van der Waals surface area contributed by atoms with E-state index in [1.807, 2.05) is 39.0 Å². The highest BCUT2D eigenvalue weighted by Crippen LogP contribution is 2.40. The van der Waals surface area contributed by atoms with Crippen LogP contribution in [-0.4, -0.2) is 55.8 Å². The Labute approximate surface area is 219 Å². The van der Waals surface area contributed by atoms with Crippen molar-refractivity contribution in [3.05, 3.63) is 52.1 Å². The smallest absolute Gasteiger partial charge is 0.224 e. The van der Waals surface area contributed by atoms with Gasteiger partial charge < -0.3 is 24.4 Å².